The SMILES string of the molecule is BOC(=O)C(CCCC)CCCN(CC)CC. The van der Waals surface area contributed by atoms with Crippen LogP contribution in [0.2, 0.25) is 0 Å². The number of rotatable bonds is 10. The van der Waals surface area contributed by atoms with E-state index in [4.69, 9.17) is 4.65 Å². The van der Waals surface area contributed by atoms with Crippen LogP contribution in [0.15, 0.2) is 0 Å². The van der Waals surface area contributed by atoms with Crippen molar-refractivity contribution in [3.05, 3.63) is 0 Å². The maximum absolute atomic E-state index is 11.6. The van der Waals surface area contributed by atoms with Gasteiger partial charge in [-0.15, -0.1) is 0 Å². The highest BCUT2D eigenvalue weighted by molar-refractivity contribution is 6.05. The number of carbonyl (C=O) groups is 1. The number of nitrogens with zero attached hydrogens (tertiary/aromatic N) is 1. The zero-order valence-corrected chi connectivity index (χ0v) is 12.0. The first kappa shape index (κ1) is 16.5. The quantitative estimate of drug-likeness (QED) is 0.548. The summed E-state index contributed by atoms with van der Waals surface area (Å²) in [5, 5.41) is 0. The van der Waals surface area contributed by atoms with Crippen molar-refractivity contribution in [2.75, 3.05) is 19.6 Å². The Labute approximate surface area is 107 Å². The molecule has 0 saturated carbocycles. The number of carbonyl (C=O) groups excluding carboxylic acids is 1. The van der Waals surface area contributed by atoms with Crippen LogP contribution in [0.1, 0.15) is 52.9 Å². The lowest BCUT2D eigenvalue weighted by Gasteiger charge is -2.20. The monoisotopic (exact) mass is 241 g/mol. The van der Waals surface area contributed by atoms with E-state index in [1.807, 2.05) is 0 Å². The highest BCUT2D eigenvalue weighted by Crippen LogP contribution is 2.16. The summed E-state index contributed by atoms with van der Waals surface area (Å²) < 4.78 is 4.87. The van der Waals surface area contributed by atoms with Crippen molar-refractivity contribution in [2.45, 2.75) is 52.9 Å². The molecule has 0 aliphatic carbocycles. The van der Waals surface area contributed by atoms with Gasteiger partial charge in [0.15, 0.2) is 0 Å². The first-order valence-corrected chi connectivity index (χ1v) is 6.99. The second kappa shape index (κ2) is 10.6. The highest BCUT2D eigenvalue weighted by Gasteiger charge is 2.17. The van der Waals surface area contributed by atoms with E-state index >= 15 is 0 Å². The molecule has 17 heavy (non-hydrogen) atoms. The van der Waals surface area contributed by atoms with Gasteiger partial charge >= 0.3 is 8.05 Å². The minimum Gasteiger partial charge on any atom is -0.543 e. The van der Waals surface area contributed by atoms with Gasteiger partial charge in [0, 0.05) is 0 Å². The molecule has 0 aromatic carbocycles. The fourth-order valence-corrected chi connectivity index (χ4v) is 2.10. The third-order valence-corrected chi connectivity index (χ3v) is 3.36. The van der Waals surface area contributed by atoms with Gasteiger partial charge in [0.05, 0.1) is 5.92 Å². The van der Waals surface area contributed by atoms with E-state index in [1.165, 1.54) is 8.05 Å². The van der Waals surface area contributed by atoms with Crippen LogP contribution in [0.25, 0.3) is 0 Å². The van der Waals surface area contributed by atoms with Gasteiger partial charge in [0.2, 0.25) is 0 Å². The molecule has 0 aliphatic heterocycles. The maximum Gasteiger partial charge on any atom is 0.325 e. The van der Waals surface area contributed by atoms with Crippen LogP contribution in [0.4, 0.5) is 0 Å². The summed E-state index contributed by atoms with van der Waals surface area (Å²) in [4.78, 5) is 14.0. The molecule has 0 spiro atoms. The first-order valence-electron chi connectivity index (χ1n) is 6.99. The van der Waals surface area contributed by atoms with Gasteiger partial charge in [-0.3, -0.25) is 4.79 Å². The standard InChI is InChI=1S/C13H28BNO2/c1-4-7-9-12(13(16)17-14)10-8-11-15(5-2)6-3/h12H,4-11,14H2,1-3H3. The van der Waals surface area contributed by atoms with Crippen molar-refractivity contribution in [1.29, 1.82) is 0 Å². The largest absolute Gasteiger partial charge is 0.543 e. The molecular weight excluding hydrogens is 213 g/mol. The Morgan fingerprint density at radius 1 is 1.18 bits per heavy atom. The molecule has 0 rings (SSSR count). The maximum atomic E-state index is 11.6. The molecule has 0 radical (unpaired) electrons. The Balaban J connectivity index is 3.94. The minimum absolute atomic E-state index is 0.0296. The third-order valence-electron chi connectivity index (χ3n) is 3.36. The van der Waals surface area contributed by atoms with Crippen LogP contribution in [-0.2, 0) is 9.45 Å². The van der Waals surface area contributed by atoms with Gasteiger partial charge in [0.1, 0.15) is 0 Å². The molecule has 0 bridgehead atoms. The second-order valence-electron chi connectivity index (χ2n) is 4.53. The van der Waals surface area contributed by atoms with E-state index in [-0.39, 0.29) is 11.9 Å². The minimum atomic E-state index is -0.0296. The molecule has 0 aliphatic rings. The molecule has 0 amide bonds. The number of hydrogen-bond donors (Lipinski definition) is 0. The Morgan fingerprint density at radius 2 is 1.76 bits per heavy atom. The molecule has 4 heteroatoms. The lowest BCUT2D eigenvalue weighted by atomic mass is 9.96. The topological polar surface area (TPSA) is 29.5 Å². The van der Waals surface area contributed by atoms with Gasteiger partial charge < -0.3 is 9.55 Å². The molecular formula is C13H28BNO2. The van der Waals surface area contributed by atoms with Crippen LogP contribution < -0.4 is 0 Å². The van der Waals surface area contributed by atoms with Crippen LogP contribution in [0.5, 0.6) is 0 Å². The molecule has 1 atom stereocenters. The molecule has 0 saturated heterocycles. The molecule has 1 unspecified atom stereocenters. The fraction of sp³-hybridized carbons (Fsp3) is 0.923. The fourth-order valence-electron chi connectivity index (χ4n) is 2.10. The summed E-state index contributed by atoms with van der Waals surface area (Å²) in [6.07, 6.45) is 5.28. The average molecular weight is 241 g/mol. The molecule has 0 N–H and O–H groups in total. The summed E-state index contributed by atoms with van der Waals surface area (Å²) in [6.45, 7) is 9.79. The summed E-state index contributed by atoms with van der Waals surface area (Å²) in [7, 11) is 1.49. The predicted octanol–water partition coefficient (Wildman–Crippen LogP) is 2.01. The van der Waals surface area contributed by atoms with Crippen LogP contribution in [0.3, 0.4) is 0 Å². The van der Waals surface area contributed by atoms with Crippen molar-refractivity contribution >= 4 is 14.0 Å². The summed E-state index contributed by atoms with van der Waals surface area (Å²) in [6, 6.07) is 0. The van der Waals surface area contributed by atoms with E-state index in [9.17, 15) is 4.79 Å². The first-order chi connectivity index (χ1) is 8.19. The zero-order chi connectivity index (χ0) is 13.1. The van der Waals surface area contributed by atoms with Crippen LogP contribution in [-0.4, -0.2) is 38.6 Å². The van der Waals surface area contributed by atoms with E-state index in [1.54, 1.807) is 0 Å². The molecule has 0 heterocycles. The molecule has 100 valence electrons. The van der Waals surface area contributed by atoms with Crippen molar-refractivity contribution in [3.8, 4) is 0 Å². The molecule has 0 aromatic heterocycles. The number of unbranched alkanes of at least 4 members (excludes halogenated alkanes) is 1. The Morgan fingerprint density at radius 3 is 2.24 bits per heavy atom. The Kier molecular flexibility index (Phi) is 10.3. The van der Waals surface area contributed by atoms with Gasteiger partial charge in [-0.05, 0) is 38.9 Å². The highest BCUT2D eigenvalue weighted by atomic mass is 16.5. The summed E-state index contributed by atoms with van der Waals surface area (Å²) in [5.74, 6) is 0.0773. The van der Waals surface area contributed by atoms with Crippen molar-refractivity contribution in [1.82, 2.24) is 4.90 Å². The zero-order valence-electron chi connectivity index (χ0n) is 12.0. The van der Waals surface area contributed by atoms with Crippen LogP contribution in [0, 0.1) is 5.92 Å². The van der Waals surface area contributed by atoms with Gasteiger partial charge in [-0.2, -0.15) is 0 Å². The van der Waals surface area contributed by atoms with Gasteiger partial charge in [0.25, 0.3) is 5.97 Å². The lowest BCUT2D eigenvalue weighted by molar-refractivity contribution is -0.139. The Bertz CT molecular complexity index is 196. The van der Waals surface area contributed by atoms with E-state index in [0.717, 1.165) is 51.7 Å². The summed E-state index contributed by atoms with van der Waals surface area (Å²) in [5.41, 5.74) is 0. The van der Waals surface area contributed by atoms with Gasteiger partial charge in [-0.25, -0.2) is 0 Å². The normalized spacial score (nSPS) is 12.7. The molecule has 0 aromatic rings. The summed E-state index contributed by atoms with van der Waals surface area (Å²) >= 11 is 0. The van der Waals surface area contributed by atoms with Crippen molar-refractivity contribution in [3.63, 3.8) is 0 Å². The van der Waals surface area contributed by atoms with Crippen LogP contribution >= 0.6 is 0 Å². The van der Waals surface area contributed by atoms with E-state index < -0.39 is 0 Å². The smallest absolute Gasteiger partial charge is 0.325 e. The lowest BCUT2D eigenvalue weighted by Crippen LogP contribution is -2.25. The average Bonchev–Trinajstić information content (AvgIpc) is 2.37. The second-order valence-corrected chi connectivity index (χ2v) is 4.53. The van der Waals surface area contributed by atoms with E-state index in [0.29, 0.717) is 0 Å². The Hall–Kier alpha value is -0.505. The van der Waals surface area contributed by atoms with E-state index in [2.05, 4.69) is 25.7 Å². The predicted molar refractivity (Wildman–Crippen MR) is 74.7 cm³/mol. The number of hydrogen-bond acceptors (Lipinski definition) is 3. The van der Waals surface area contributed by atoms with Gasteiger partial charge in [-0.1, -0.05) is 33.6 Å². The van der Waals surface area contributed by atoms with Crippen molar-refractivity contribution < 1.29 is 9.45 Å². The molecule has 0 fully saturated rings. The third kappa shape index (κ3) is 7.42. The van der Waals surface area contributed by atoms with Crippen molar-refractivity contribution in [2.24, 2.45) is 5.92 Å². The molecule has 3 nitrogen and oxygen atoms in total.